The van der Waals surface area contributed by atoms with Gasteiger partial charge in [-0.1, -0.05) is 0 Å². The summed E-state index contributed by atoms with van der Waals surface area (Å²) in [6.07, 6.45) is 0. The van der Waals surface area contributed by atoms with Gasteiger partial charge in [-0.3, -0.25) is 77.3 Å². The molecule has 10 N–H and O–H groups in total. The Labute approximate surface area is 323 Å². The van der Waals surface area contributed by atoms with Crippen molar-refractivity contribution in [2.24, 2.45) is 0 Å². The van der Waals surface area contributed by atoms with Crippen LogP contribution >= 0.6 is 0 Å². The predicted molar refractivity (Wildman–Crippen MR) is 184 cm³/mol. The third-order valence-electron chi connectivity index (χ3n) is 7.70. The topological polar surface area (TPSA) is 402 Å². The second-order valence-electron chi connectivity index (χ2n) is 12.3. The number of hydrogen-bond acceptors (Lipinski definition) is 17. The molecule has 0 saturated heterocycles. The molecule has 0 aliphatic carbocycles. The van der Waals surface area contributed by atoms with Crippen LogP contribution in [0.25, 0.3) is 0 Å². The maximum Gasteiger partial charge on any atom is 0.323 e. The number of rotatable bonds is 36. The van der Waals surface area contributed by atoms with Gasteiger partial charge in [0.2, 0.25) is 0 Å². The van der Waals surface area contributed by atoms with Crippen LogP contribution in [0.4, 0.5) is 0 Å². The first-order valence-electron chi connectivity index (χ1n) is 16.7. The Hall–Kier alpha value is -5.58. The minimum Gasteiger partial charge on any atom is -0.480 e. The second-order valence-corrected chi connectivity index (χ2v) is 12.3. The molecule has 27 nitrogen and oxygen atoms in total. The van der Waals surface area contributed by atoms with Crippen molar-refractivity contribution >= 4 is 59.7 Å². The molecule has 0 aliphatic rings. The van der Waals surface area contributed by atoms with E-state index in [4.69, 9.17) is 25.2 Å². The normalized spacial score (nSPS) is 12.6. The van der Waals surface area contributed by atoms with Crippen LogP contribution in [-0.4, -0.2) is 270 Å². The smallest absolute Gasteiger partial charge is 0.323 e. The van der Waals surface area contributed by atoms with Crippen LogP contribution in [-0.2, 0) is 52.7 Å². The summed E-state index contributed by atoms with van der Waals surface area (Å²) in [7, 11) is 0. The Bertz CT molecular complexity index is 1280. The van der Waals surface area contributed by atoms with E-state index in [1.165, 1.54) is 9.80 Å². The number of hydrogen-bond donors (Lipinski definition) is 10. The van der Waals surface area contributed by atoms with E-state index in [1.54, 1.807) is 0 Å². The Morgan fingerprint density at radius 3 is 0.754 bits per heavy atom. The fourth-order valence-corrected chi connectivity index (χ4v) is 5.22. The van der Waals surface area contributed by atoms with Crippen molar-refractivity contribution in [2.45, 2.75) is 12.1 Å². The molecule has 27 heteroatoms. The maximum absolute atomic E-state index is 12.3. The van der Waals surface area contributed by atoms with E-state index in [1.807, 2.05) is 0 Å². The highest BCUT2D eigenvalue weighted by atomic mass is 16.5. The lowest BCUT2D eigenvalue weighted by Crippen LogP contribution is -2.52. The highest BCUT2D eigenvalue weighted by Gasteiger charge is 2.32. The Balaban J connectivity index is 6.02. The summed E-state index contributed by atoms with van der Waals surface area (Å²) in [5, 5.41) is 93.8. The van der Waals surface area contributed by atoms with Crippen LogP contribution in [0, 0.1) is 0 Å². The lowest BCUT2D eigenvalue weighted by atomic mass is 10.2. The molecule has 2 atom stereocenters. The Morgan fingerprint density at radius 2 is 0.526 bits per heavy atom. The molecule has 0 aliphatic heterocycles. The van der Waals surface area contributed by atoms with Crippen molar-refractivity contribution < 1.29 is 104 Å². The van der Waals surface area contributed by atoms with E-state index in [0.29, 0.717) is 0 Å². The monoisotopic (exact) mass is 828 g/mol. The average molecular weight is 829 g/mol. The minimum atomic E-state index is -1.81. The molecule has 324 valence electrons. The molecule has 0 aromatic rings. The van der Waals surface area contributed by atoms with Gasteiger partial charge in [0.25, 0.3) is 0 Å². The Kier molecular flexibility index (Phi) is 24.4. The zero-order valence-electron chi connectivity index (χ0n) is 30.5. The fraction of sp³-hybridized carbons (Fsp3) is 0.667. The number of carbonyl (C=O) groups is 10. The summed E-state index contributed by atoms with van der Waals surface area (Å²) in [5.41, 5.74) is 0. The highest BCUT2D eigenvalue weighted by Crippen LogP contribution is 2.08. The number of carboxylic acids is 10. The molecule has 0 saturated carbocycles. The van der Waals surface area contributed by atoms with E-state index in [-0.39, 0.29) is 39.3 Å². The van der Waals surface area contributed by atoms with Gasteiger partial charge in [-0.15, -0.1) is 0 Å². The van der Waals surface area contributed by atoms with Crippen molar-refractivity contribution in [2.75, 3.05) is 118 Å². The van der Waals surface area contributed by atoms with E-state index in [0.717, 1.165) is 19.6 Å². The van der Waals surface area contributed by atoms with Crippen molar-refractivity contribution in [3.63, 3.8) is 0 Å². The maximum atomic E-state index is 12.3. The van der Waals surface area contributed by atoms with Gasteiger partial charge >= 0.3 is 59.7 Å². The van der Waals surface area contributed by atoms with Gasteiger partial charge in [-0.05, 0) is 0 Å². The largest absolute Gasteiger partial charge is 0.480 e. The summed E-state index contributed by atoms with van der Waals surface area (Å²) in [6, 6.07) is -3.62. The quantitative estimate of drug-likeness (QED) is 0.0281. The first-order valence-corrected chi connectivity index (χ1v) is 16.7. The second kappa shape index (κ2) is 27.1. The van der Waals surface area contributed by atoms with E-state index >= 15 is 0 Å². The molecule has 0 spiro atoms. The van der Waals surface area contributed by atoms with Gasteiger partial charge in [-0.2, -0.15) is 0 Å². The van der Waals surface area contributed by atoms with Crippen LogP contribution in [0.1, 0.15) is 0 Å². The number of aliphatic carboxylic acids is 10. The van der Waals surface area contributed by atoms with Crippen LogP contribution in [0.2, 0.25) is 0 Å². The van der Waals surface area contributed by atoms with Crippen molar-refractivity contribution in [1.82, 2.24) is 29.4 Å². The number of nitrogens with zero attached hydrogens (tertiary/aromatic N) is 6. The number of carboxylic acid groups (broad SMARTS) is 10. The number of ether oxygens (including phenoxy) is 1. The van der Waals surface area contributed by atoms with E-state index in [2.05, 4.69) is 0 Å². The molecule has 0 bridgehead atoms. The third kappa shape index (κ3) is 25.3. The molecule has 0 heterocycles. The summed E-state index contributed by atoms with van der Waals surface area (Å²) in [5.74, 6) is -14.6. The van der Waals surface area contributed by atoms with E-state index in [9.17, 15) is 78.6 Å². The summed E-state index contributed by atoms with van der Waals surface area (Å²) in [6.45, 7) is -10.5. The molecule has 0 radical (unpaired) electrons. The van der Waals surface area contributed by atoms with Crippen molar-refractivity contribution in [3.05, 3.63) is 0 Å². The lowest BCUT2D eigenvalue weighted by Gasteiger charge is -2.32. The first-order chi connectivity index (χ1) is 26.5. The highest BCUT2D eigenvalue weighted by molar-refractivity contribution is 5.77. The zero-order valence-corrected chi connectivity index (χ0v) is 30.5. The first kappa shape index (κ1) is 51.4. The van der Waals surface area contributed by atoms with Crippen LogP contribution in [0.3, 0.4) is 0 Å². The van der Waals surface area contributed by atoms with E-state index < -0.39 is 150 Å². The molecule has 2 unspecified atom stereocenters. The van der Waals surface area contributed by atoms with Gasteiger partial charge in [0.1, 0.15) is 12.1 Å². The molecule has 0 amide bonds. The van der Waals surface area contributed by atoms with Gasteiger partial charge < -0.3 is 55.8 Å². The third-order valence-corrected chi connectivity index (χ3v) is 7.70. The molecular weight excluding hydrogens is 780 g/mol. The zero-order chi connectivity index (χ0) is 43.8. The summed E-state index contributed by atoms with van der Waals surface area (Å²) in [4.78, 5) is 121. The molecule has 0 fully saturated rings. The molecule has 0 aromatic carbocycles. The van der Waals surface area contributed by atoms with Crippen LogP contribution in [0.15, 0.2) is 0 Å². The fourth-order valence-electron chi connectivity index (χ4n) is 5.22. The van der Waals surface area contributed by atoms with Gasteiger partial charge in [0, 0.05) is 52.4 Å². The SMILES string of the molecule is O=C(O)CN(CCN(CC(=O)O)CC(=O)O)CCN(CC(=O)O)C(COCC(C(=O)O)N(CCN(CCN(CC(=O)O)CC(=O)O)CC(=O)O)CC(=O)O)C(=O)O. The summed E-state index contributed by atoms with van der Waals surface area (Å²) < 4.78 is 5.37. The summed E-state index contributed by atoms with van der Waals surface area (Å²) >= 11 is 0. The average Bonchev–Trinajstić information content (AvgIpc) is 3.03. The minimum absolute atomic E-state index is 0.242. The van der Waals surface area contributed by atoms with Crippen LogP contribution in [0.5, 0.6) is 0 Å². The molecule has 0 aromatic heterocycles. The van der Waals surface area contributed by atoms with Gasteiger partial charge in [0.15, 0.2) is 0 Å². The predicted octanol–water partition coefficient (Wildman–Crippen LogP) is -5.60. The van der Waals surface area contributed by atoms with Gasteiger partial charge in [0.05, 0.1) is 65.6 Å². The lowest BCUT2D eigenvalue weighted by molar-refractivity contribution is -0.152. The molecule has 0 rings (SSSR count). The van der Waals surface area contributed by atoms with Crippen molar-refractivity contribution in [3.8, 4) is 0 Å². The molecule has 57 heavy (non-hydrogen) atoms. The Morgan fingerprint density at radius 1 is 0.316 bits per heavy atom. The molecular formula is C30H48N6O21. The van der Waals surface area contributed by atoms with Crippen LogP contribution < -0.4 is 0 Å². The van der Waals surface area contributed by atoms with Gasteiger partial charge in [-0.25, -0.2) is 0 Å². The van der Waals surface area contributed by atoms with Crippen molar-refractivity contribution in [1.29, 1.82) is 0 Å². The standard InChI is InChI=1S/C30H48N6O21/c37-21(38)9-31(1-3-33(11-23(41)42)12-24(43)44)5-7-35(15-27(49)50)19(29(53)54)17-57-18-20(30(55)56)36(16-28(51)52)8-6-32(10-22(39)40)2-4-34(13-25(45)46)14-26(47)48/h19-20H,1-18H2,(H,37,38)(H,39,40)(H,41,42)(H,43,44)(H,45,46)(H,47,48)(H,49,50)(H,51,52)(H,53,54)(H,55,56).